The number of nitrogens with zero attached hydrogens (tertiary/aromatic N) is 4. The predicted octanol–water partition coefficient (Wildman–Crippen LogP) is 2.97. The van der Waals surface area contributed by atoms with E-state index in [9.17, 15) is 15.2 Å². The van der Waals surface area contributed by atoms with Crippen LogP contribution in [0.25, 0.3) is 0 Å². The molecule has 2 saturated heterocycles. The normalized spacial score (nSPS) is 20.2. The zero-order valence-electron chi connectivity index (χ0n) is 19.7. The molecule has 8 nitrogen and oxygen atoms in total. The van der Waals surface area contributed by atoms with Gasteiger partial charge in [-0.2, -0.15) is 5.26 Å². The first kappa shape index (κ1) is 22.6. The Kier molecular flexibility index (Phi) is 5.92. The van der Waals surface area contributed by atoms with Crippen molar-refractivity contribution < 1.29 is 19.4 Å². The number of fused-ring (bicyclic) bond motifs is 1. The number of esters is 1. The standard InChI is InChI=1S/C26H30N4O4/c1-17-19(3-4-20-21(17)15-34-25(20)32)22(31)14-29-8-5-26(6-9-29)7-10-30(16-26)24-11-23(33-2)18(12-27)13-28-24/h3-4,11,13,22,31H,5-10,14-16H2,1-2H3/t22-/m0/s1. The average molecular weight is 463 g/mol. The summed E-state index contributed by atoms with van der Waals surface area (Å²) >= 11 is 0. The largest absolute Gasteiger partial charge is 0.495 e. The second kappa shape index (κ2) is 8.90. The zero-order valence-corrected chi connectivity index (χ0v) is 19.7. The molecule has 0 radical (unpaired) electrons. The minimum absolute atomic E-state index is 0.255. The third-order valence-corrected chi connectivity index (χ3v) is 7.87. The van der Waals surface area contributed by atoms with Gasteiger partial charge in [0.15, 0.2) is 0 Å². The smallest absolute Gasteiger partial charge is 0.338 e. The zero-order chi connectivity index (χ0) is 23.9. The maximum atomic E-state index is 11.8. The predicted molar refractivity (Wildman–Crippen MR) is 126 cm³/mol. The maximum Gasteiger partial charge on any atom is 0.338 e. The van der Waals surface area contributed by atoms with E-state index in [2.05, 4.69) is 20.9 Å². The number of carbonyl (C=O) groups excluding carboxylic acids is 1. The number of cyclic esters (lactones) is 1. The van der Waals surface area contributed by atoms with Crippen molar-refractivity contribution in [3.05, 3.63) is 52.2 Å². The minimum atomic E-state index is -0.592. The molecule has 3 aliphatic rings. The van der Waals surface area contributed by atoms with Gasteiger partial charge < -0.3 is 24.4 Å². The number of aliphatic hydroxyl groups excluding tert-OH is 1. The number of β-amino-alcohol motifs (C(OH)–C–C–N with tert-alkyl or cyclic N) is 1. The number of hydrogen-bond donors (Lipinski definition) is 1. The van der Waals surface area contributed by atoms with Crippen molar-refractivity contribution in [2.75, 3.05) is 44.7 Å². The molecule has 4 heterocycles. The van der Waals surface area contributed by atoms with Gasteiger partial charge in [-0.1, -0.05) is 6.07 Å². The fourth-order valence-electron chi connectivity index (χ4n) is 5.67. The van der Waals surface area contributed by atoms with Crippen molar-refractivity contribution in [1.29, 1.82) is 5.26 Å². The van der Waals surface area contributed by atoms with Crippen LogP contribution in [-0.4, -0.2) is 60.8 Å². The summed E-state index contributed by atoms with van der Waals surface area (Å²) < 4.78 is 10.5. The van der Waals surface area contributed by atoms with Gasteiger partial charge in [0.25, 0.3) is 0 Å². The van der Waals surface area contributed by atoms with Gasteiger partial charge in [-0.25, -0.2) is 9.78 Å². The van der Waals surface area contributed by atoms with Crippen LogP contribution in [0.5, 0.6) is 5.75 Å². The van der Waals surface area contributed by atoms with Gasteiger partial charge in [0.1, 0.15) is 29.8 Å². The van der Waals surface area contributed by atoms with Crippen molar-refractivity contribution in [3.8, 4) is 11.8 Å². The highest BCUT2D eigenvalue weighted by molar-refractivity contribution is 5.93. The lowest BCUT2D eigenvalue weighted by Gasteiger charge is -2.40. The number of likely N-dealkylation sites (tertiary alicyclic amines) is 1. The molecule has 5 rings (SSSR count). The molecule has 1 atom stereocenters. The number of aliphatic hydroxyl groups is 1. The molecule has 3 aliphatic heterocycles. The first-order valence-corrected chi connectivity index (χ1v) is 11.8. The van der Waals surface area contributed by atoms with E-state index in [4.69, 9.17) is 9.47 Å². The number of piperidine rings is 1. The second-order valence-electron chi connectivity index (χ2n) is 9.72. The van der Waals surface area contributed by atoms with E-state index in [0.717, 1.165) is 67.9 Å². The van der Waals surface area contributed by atoms with E-state index in [-0.39, 0.29) is 11.4 Å². The number of benzene rings is 1. The fourth-order valence-corrected chi connectivity index (χ4v) is 5.67. The number of pyridine rings is 1. The minimum Gasteiger partial charge on any atom is -0.495 e. The van der Waals surface area contributed by atoms with Gasteiger partial charge in [0.2, 0.25) is 0 Å². The Bertz CT molecular complexity index is 1150. The van der Waals surface area contributed by atoms with Gasteiger partial charge >= 0.3 is 5.97 Å². The van der Waals surface area contributed by atoms with Crippen LogP contribution in [0.4, 0.5) is 5.82 Å². The first-order valence-electron chi connectivity index (χ1n) is 11.8. The summed E-state index contributed by atoms with van der Waals surface area (Å²) in [5.41, 5.74) is 4.06. The lowest BCUT2D eigenvalue weighted by molar-refractivity contribution is 0.0534. The highest BCUT2D eigenvalue weighted by Gasteiger charge is 2.41. The molecular formula is C26H30N4O4. The molecule has 0 saturated carbocycles. The number of hydrogen-bond acceptors (Lipinski definition) is 8. The molecule has 34 heavy (non-hydrogen) atoms. The number of nitriles is 1. The van der Waals surface area contributed by atoms with Crippen molar-refractivity contribution in [1.82, 2.24) is 9.88 Å². The molecular weight excluding hydrogens is 432 g/mol. The van der Waals surface area contributed by atoms with E-state index in [1.165, 1.54) is 0 Å². The number of anilines is 1. The van der Waals surface area contributed by atoms with Gasteiger partial charge in [-0.3, -0.25) is 0 Å². The molecule has 1 aromatic heterocycles. The number of ether oxygens (including phenoxy) is 2. The number of carbonyl (C=O) groups is 1. The van der Waals surface area contributed by atoms with E-state index in [1.807, 2.05) is 19.1 Å². The lowest BCUT2D eigenvalue weighted by Crippen LogP contribution is -2.43. The second-order valence-corrected chi connectivity index (χ2v) is 9.72. The van der Waals surface area contributed by atoms with Crippen molar-refractivity contribution >= 4 is 11.8 Å². The molecule has 2 aromatic rings. The molecule has 0 amide bonds. The molecule has 0 unspecified atom stereocenters. The quantitative estimate of drug-likeness (QED) is 0.677. The van der Waals surface area contributed by atoms with Crippen molar-refractivity contribution in [2.45, 2.75) is 38.9 Å². The topological polar surface area (TPSA) is 98.9 Å². The Balaban J connectivity index is 1.20. The van der Waals surface area contributed by atoms with Gasteiger partial charge in [-0.15, -0.1) is 0 Å². The third kappa shape index (κ3) is 3.99. The summed E-state index contributed by atoms with van der Waals surface area (Å²) in [5.74, 6) is 1.15. The van der Waals surface area contributed by atoms with Crippen LogP contribution in [0.15, 0.2) is 24.4 Å². The first-order chi connectivity index (χ1) is 16.4. The average Bonchev–Trinajstić information content (AvgIpc) is 3.45. The lowest BCUT2D eigenvalue weighted by atomic mass is 9.77. The molecule has 1 spiro atoms. The number of aromatic nitrogens is 1. The van der Waals surface area contributed by atoms with E-state index < -0.39 is 6.10 Å². The summed E-state index contributed by atoms with van der Waals surface area (Å²) in [6.07, 6.45) is 4.27. The van der Waals surface area contributed by atoms with Crippen molar-refractivity contribution in [3.63, 3.8) is 0 Å². The summed E-state index contributed by atoms with van der Waals surface area (Å²) in [4.78, 5) is 20.9. The van der Waals surface area contributed by atoms with E-state index in [0.29, 0.717) is 30.0 Å². The molecule has 0 bridgehead atoms. The highest BCUT2D eigenvalue weighted by atomic mass is 16.5. The van der Waals surface area contributed by atoms with Crippen molar-refractivity contribution in [2.24, 2.45) is 5.41 Å². The third-order valence-electron chi connectivity index (χ3n) is 7.87. The summed E-state index contributed by atoms with van der Waals surface area (Å²) in [5, 5.41) is 20.2. The van der Waals surface area contributed by atoms with Crippen LogP contribution in [0.1, 0.15) is 58.0 Å². The van der Waals surface area contributed by atoms with Gasteiger partial charge in [0.05, 0.1) is 25.0 Å². The Labute approximate surface area is 199 Å². The fraction of sp³-hybridized carbons (Fsp3) is 0.500. The Hall–Kier alpha value is -3.15. The molecule has 2 fully saturated rings. The van der Waals surface area contributed by atoms with Crippen LogP contribution in [-0.2, 0) is 11.3 Å². The Morgan fingerprint density at radius 2 is 2.06 bits per heavy atom. The summed E-state index contributed by atoms with van der Waals surface area (Å²) in [6.45, 7) is 6.63. The van der Waals surface area contributed by atoms with Crippen LogP contribution < -0.4 is 9.64 Å². The van der Waals surface area contributed by atoms with Crippen LogP contribution in [0.3, 0.4) is 0 Å². The molecule has 178 valence electrons. The van der Waals surface area contributed by atoms with Gasteiger partial charge in [-0.05, 0) is 61.9 Å². The monoisotopic (exact) mass is 462 g/mol. The maximum absolute atomic E-state index is 11.8. The molecule has 0 aliphatic carbocycles. The van der Waals surface area contributed by atoms with Crippen LogP contribution in [0.2, 0.25) is 0 Å². The molecule has 1 aromatic carbocycles. The molecule has 8 heteroatoms. The SMILES string of the molecule is COc1cc(N2CCC3(CCN(C[C@H](O)c4ccc5c(c4C)COC5=O)CC3)C2)ncc1C#N. The number of methoxy groups -OCH3 is 1. The van der Waals surface area contributed by atoms with E-state index in [1.54, 1.807) is 19.4 Å². The van der Waals surface area contributed by atoms with Crippen LogP contribution in [0, 0.1) is 23.7 Å². The highest BCUT2D eigenvalue weighted by Crippen LogP contribution is 2.42. The summed E-state index contributed by atoms with van der Waals surface area (Å²) in [7, 11) is 1.58. The number of rotatable bonds is 5. The Morgan fingerprint density at radius 3 is 2.79 bits per heavy atom. The van der Waals surface area contributed by atoms with Crippen LogP contribution >= 0.6 is 0 Å². The Morgan fingerprint density at radius 1 is 1.29 bits per heavy atom. The van der Waals surface area contributed by atoms with E-state index >= 15 is 0 Å². The molecule has 1 N–H and O–H groups in total. The summed E-state index contributed by atoms with van der Waals surface area (Å²) in [6, 6.07) is 7.62. The van der Waals surface area contributed by atoms with Gasteiger partial charge in [0, 0.05) is 31.3 Å².